The van der Waals surface area contributed by atoms with E-state index < -0.39 is 0 Å². The topological polar surface area (TPSA) is 102 Å². The Labute approximate surface area is 246 Å². The Morgan fingerprint density at radius 2 is 1.50 bits per heavy atom. The molecule has 1 aromatic heterocycles. The van der Waals surface area contributed by atoms with Gasteiger partial charge in [-0.25, -0.2) is 0 Å². The third-order valence-electron chi connectivity index (χ3n) is 6.97. The van der Waals surface area contributed by atoms with E-state index in [1.54, 1.807) is 6.07 Å². The van der Waals surface area contributed by atoms with E-state index in [0.717, 1.165) is 64.3 Å². The number of tetrazole rings is 1. The lowest BCUT2D eigenvalue weighted by Crippen LogP contribution is -2.08. The van der Waals surface area contributed by atoms with Crippen molar-refractivity contribution in [2.45, 2.75) is 46.0 Å². The molecule has 0 saturated heterocycles. The van der Waals surface area contributed by atoms with Crippen molar-refractivity contribution in [3.63, 3.8) is 0 Å². The first-order valence-electron chi connectivity index (χ1n) is 14.4. The number of aromatic hydroxyl groups is 1. The van der Waals surface area contributed by atoms with Gasteiger partial charge in [0, 0.05) is 35.6 Å². The maximum Gasteiger partial charge on any atom is 0.179 e. The van der Waals surface area contributed by atoms with Crippen LogP contribution in [0, 0.1) is 0 Å². The number of hydrogen-bond donors (Lipinski definition) is 2. The average Bonchev–Trinajstić information content (AvgIpc) is 3.53. The molecule has 4 aromatic carbocycles. The fraction of sp³-hybridized carbons (Fsp3) is 0.265. The molecule has 0 amide bonds. The van der Waals surface area contributed by atoms with Gasteiger partial charge in [0.25, 0.3) is 0 Å². The zero-order chi connectivity index (χ0) is 29.1. The molecule has 0 fully saturated rings. The molecule has 1 heterocycles. The first-order chi connectivity index (χ1) is 20.7. The Morgan fingerprint density at radius 1 is 0.762 bits per heavy atom. The SMILES string of the molecule is CCCc1c(OCCCOc2cc(O)c(-c3ccccc3)cc2CC)cccc1Oc1ccccc1Cc1nn[nH]n1. The first kappa shape index (κ1) is 28.7. The number of benzene rings is 4. The van der Waals surface area contributed by atoms with Crippen LogP contribution < -0.4 is 14.2 Å². The van der Waals surface area contributed by atoms with Crippen molar-refractivity contribution >= 4 is 0 Å². The standard InChI is InChI=1S/C34H36N4O4/c1-3-12-27-31(17-10-18-32(27)42-30-16-9-8-15-26(30)22-34-35-37-38-36-34)40-19-11-20-41-33-23-29(39)28(21-24(33)4-2)25-13-6-5-7-14-25/h5-10,13-18,21,23,39H,3-4,11-12,19-20,22H2,1-2H3,(H,35,36,37,38). The van der Waals surface area contributed by atoms with E-state index in [1.807, 2.05) is 78.9 Å². The van der Waals surface area contributed by atoms with Crippen LogP contribution in [-0.4, -0.2) is 38.9 Å². The van der Waals surface area contributed by atoms with Crippen LogP contribution in [0.25, 0.3) is 11.1 Å². The molecular formula is C34H36N4O4. The number of nitrogens with one attached hydrogen (secondary N) is 1. The van der Waals surface area contributed by atoms with Gasteiger partial charge in [0.2, 0.25) is 0 Å². The smallest absolute Gasteiger partial charge is 0.179 e. The van der Waals surface area contributed by atoms with Gasteiger partial charge in [-0.05, 0) is 48.2 Å². The summed E-state index contributed by atoms with van der Waals surface area (Å²) in [6.45, 7) is 5.19. The number of aryl methyl sites for hydroxylation is 1. The molecular weight excluding hydrogens is 528 g/mol. The van der Waals surface area contributed by atoms with Gasteiger partial charge < -0.3 is 19.3 Å². The Bertz CT molecular complexity index is 1570. The Hall–Kier alpha value is -4.85. The number of hydrogen-bond acceptors (Lipinski definition) is 7. The summed E-state index contributed by atoms with van der Waals surface area (Å²) >= 11 is 0. The van der Waals surface area contributed by atoms with Crippen molar-refractivity contribution in [3.05, 3.63) is 107 Å². The Morgan fingerprint density at radius 3 is 2.26 bits per heavy atom. The molecule has 5 rings (SSSR count). The third-order valence-corrected chi connectivity index (χ3v) is 6.97. The van der Waals surface area contributed by atoms with E-state index in [0.29, 0.717) is 37.6 Å². The molecule has 0 aliphatic rings. The summed E-state index contributed by atoms with van der Waals surface area (Å²) in [6.07, 6.45) is 3.78. The van der Waals surface area contributed by atoms with Crippen molar-refractivity contribution in [1.82, 2.24) is 20.6 Å². The Kier molecular flexibility index (Phi) is 9.67. The summed E-state index contributed by atoms with van der Waals surface area (Å²) in [4.78, 5) is 0. The van der Waals surface area contributed by atoms with Crippen LogP contribution in [-0.2, 0) is 19.3 Å². The van der Waals surface area contributed by atoms with E-state index in [1.165, 1.54) is 0 Å². The van der Waals surface area contributed by atoms with Gasteiger partial charge in [-0.2, -0.15) is 5.21 Å². The van der Waals surface area contributed by atoms with Gasteiger partial charge in [-0.3, -0.25) is 0 Å². The zero-order valence-corrected chi connectivity index (χ0v) is 24.0. The largest absolute Gasteiger partial charge is 0.507 e. The van der Waals surface area contributed by atoms with E-state index in [4.69, 9.17) is 14.2 Å². The molecule has 0 atom stereocenters. The van der Waals surface area contributed by atoms with Crippen LogP contribution in [0.1, 0.15) is 49.2 Å². The van der Waals surface area contributed by atoms with Crippen LogP contribution in [0.3, 0.4) is 0 Å². The summed E-state index contributed by atoms with van der Waals surface area (Å²) in [7, 11) is 0. The minimum Gasteiger partial charge on any atom is -0.507 e. The van der Waals surface area contributed by atoms with Crippen LogP contribution in [0.15, 0.2) is 84.9 Å². The number of ether oxygens (including phenoxy) is 3. The summed E-state index contributed by atoms with van der Waals surface area (Å²) in [5.41, 5.74) is 4.85. The van der Waals surface area contributed by atoms with Gasteiger partial charge in [0.05, 0.1) is 13.2 Å². The van der Waals surface area contributed by atoms with Crippen LogP contribution in [0.2, 0.25) is 0 Å². The van der Waals surface area contributed by atoms with E-state index in [2.05, 4.69) is 34.5 Å². The first-order valence-corrected chi connectivity index (χ1v) is 14.4. The number of phenols is 1. The van der Waals surface area contributed by atoms with E-state index in [9.17, 15) is 5.11 Å². The second-order valence-electron chi connectivity index (χ2n) is 9.94. The molecule has 0 spiro atoms. The van der Waals surface area contributed by atoms with Crippen LogP contribution in [0.5, 0.6) is 28.7 Å². The number of aromatic nitrogens is 4. The highest BCUT2D eigenvalue weighted by Gasteiger charge is 2.15. The fourth-order valence-electron chi connectivity index (χ4n) is 4.87. The van der Waals surface area contributed by atoms with Gasteiger partial charge in [0.15, 0.2) is 5.82 Å². The van der Waals surface area contributed by atoms with E-state index in [-0.39, 0.29) is 5.75 Å². The maximum absolute atomic E-state index is 10.7. The predicted molar refractivity (Wildman–Crippen MR) is 162 cm³/mol. The second kappa shape index (κ2) is 14.2. The van der Waals surface area contributed by atoms with Crippen molar-refractivity contribution in [1.29, 1.82) is 0 Å². The van der Waals surface area contributed by atoms with Gasteiger partial charge in [0.1, 0.15) is 28.7 Å². The molecule has 5 aromatic rings. The average molecular weight is 565 g/mol. The fourth-order valence-corrected chi connectivity index (χ4v) is 4.87. The van der Waals surface area contributed by atoms with Crippen molar-refractivity contribution in [2.24, 2.45) is 0 Å². The lowest BCUT2D eigenvalue weighted by Gasteiger charge is -2.18. The molecule has 0 saturated carbocycles. The minimum atomic E-state index is 0.213. The molecule has 42 heavy (non-hydrogen) atoms. The lowest BCUT2D eigenvalue weighted by molar-refractivity contribution is 0.244. The third kappa shape index (κ3) is 7.07. The number of nitrogens with zero attached hydrogens (tertiary/aromatic N) is 3. The highest BCUT2D eigenvalue weighted by Crippen LogP contribution is 2.37. The van der Waals surface area contributed by atoms with Gasteiger partial charge in [-0.1, -0.05) is 80.1 Å². The summed E-state index contributed by atoms with van der Waals surface area (Å²) in [6, 6.07) is 27.4. The number of rotatable bonds is 14. The van der Waals surface area contributed by atoms with Crippen molar-refractivity contribution in [2.75, 3.05) is 13.2 Å². The van der Waals surface area contributed by atoms with Gasteiger partial charge in [-0.15, -0.1) is 10.2 Å². The van der Waals surface area contributed by atoms with Crippen LogP contribution in [0.4, 0.5) is 0 Å². The lowest BCUT2D eigenvalue weighted by atomic mass is 10.00. The van der Waals surface area contributed by atoms with Gasteiger partial charge >= 0.3 is 0 Å². The molecule has 8 nitrogen and oxygen atoms in total. The molecule has 2 N–H and O–H groups in total. The molecule has 0 radical (unpaired) electrons. The highest BCUT2D eigenvalue weighted by molar-refractivity contribution is 5.72. The summed E-state index contributed by atoms with van der Waals surface area (Å²) in [5.74, 6) is 3.85. The normalized spacial score (nSPS) is 10.9. The number of phenolic OH excluding ortho intramolecular Hbond substituents is 1. The molecule has 0 aliphatic heterocycles. The quantitative estimate of drug-likeness (QED) is 0.136. The zero-order valence-electron chi connectivity index (χ0n) is 24.0. The molecule has 0 aliphatic carbocycles. The minimum absolute atomic E-state index is 0.213. The number of para-hydroxylation sites is 1. The predicted octanol–water partition coefficient (Wildman–Crippen LogP) is 7.32. The molecule has 0 unspecified atom stereocenters. The monoisotopic (exact) mass is 564 g/mol. The molecule has 216 valence electrons. The summed E-state index contributed by atoms with van der Waals surface area (Å²) in [5, 5.41) is 25.0. The number of aromatic amines is 1. The molecule has 0 bridgehead atoms. The molecule has 8 heteroatoms. The van der Waals surface area contributed by atoms with Crippen molar-refractivity contribution < 1.29 is 19.3 Å². The second-order valence-corrected chi connectivity index (χ2v) is 9.94. The number of H-pyrrole nitrogens is 1. The van der Waals surface area contributed by atoms with Crippen LogP contribution >= 0.6 is 0 Å². The highest BCUT2D eigenvalue weighted by atomic mass is 16.5. The Balaban J connectivity index is 1.22. The van der Waals surface area contributed by atoms with Crippen molar-refractivity contribution in [3.8, 4) is 39.9 Å². The van der Waals surface area contributed by atoms with E-state index >= 15 is 0 Å². The maximum atomic E-state index is 10.7. The summed E-state index contributed by atoms with van der Waals surface area (Å²) < 4.78 is 18.8.